The fraction of sp³-hybridized carbons (Fsp3) is 0.652. The van der Waals surface area contributed by atoms with Crippen molar-refractivity contribution in [3.63, 3.8) is 0 Å². The third-order valence-electron chi connectivity index (χ3n) is 5.93. The summed E-state index contributed by atoms with van der Waals surface area (Å²) >= 11 is -1.24. The number of likely N-dealkylation sites (tertiary alicyclic amines) is 1. The Morgan fingerprint density at radius 2 is 1.90 bits per heavy atom. The zero-order valence-corrected chi connectivity index (χ0v) is 19.7. The van der Waals surface area contributed by atoms with Gasteiger partial charge in [0.1, 0.15) is 10.3 Å². The molecule has 0 saturated carbocycles. The number of nitrogens with zero attached hydrogens (tertiary/aromatic N) is 2. The molecule has 7 heteroatoms. The molecule has 2 atom stereocenters. The number of nitrogens with one attached hydrogen (secondary N) is 1. The molecule has 3 rings (SSSR count). The average molecular weight is 432 g/mol. The summed E-state index contributed by atoms with van der Waals surface area (Å²) in [6, 6.07) is 7.92. The number of benzene rings is 1. The van der Waals surface area contributed by atoms with E-state index in [2.05, 4.69) is 10.8 Å². The summed E-state index contributed by atoms with van der Waals surface area (Å²) in [7, 11) is 0. The Morgan fingerprint density at radius 1 is 1.27 bits per heavy atom. The minimum atomic E-state index is -1.24. The molecular weight excluding hydrogens is 398 g/mol. The molecule has 1 amide bonds. The van der Waals surface area contributed by atoms with Crippen molar-refractivity contribution in [3.8, 4) is 6.07 Å². The van der Waals surface area contributed by atoms with Crippen LogP contribution in [0.1, 0.15) is 77.1 Å². The number of rotatable bonds is 2. The van der Waals surface area contributed by atoms with Crippen molar-refractivity contribution in [1.29, 1.82) is 5.26 Å². The van der Waals surface area contributed by atoms with E-state index >= 15 is 0 Å². The molecule has 1 heterocycles. The van der Waals surface area contributed by atoms with E-state index in [9.17, 15) is 14.6 Å². The number of fused-ring (bicyclic) bond motifs is 1. The van der Waals surface area contributed by atoms with Gasteiger partial charge < -0.3 is 14.2 Å². The van der Waals surface area contributed by atoms with Gasteiger partial charge >= 0.3 is 6.09 Å². The van der Waals surface area contributed by atoms with Gasteiger partial charge in [-0.05, 0) is 84.1 Å². The van der Waals surface area contributed by atoms with Gasteiger partial charge in [0, 0.05) is 29.9 Å². The fourth-order valence-electron chi connectivity index (χ4n) is 4.30. The van der Waals surface area contributed by atoms with Crippen LogP contribution in [0.25, 0.3) is 0 Å². The molecule has 1 aromatic rings. The molecular formula is C23H33N3O3S. The predicted octanol–water partition coefficient (Wildman–Crippen LogP) is 4.22. The second-order valence-corrected chi connectivity index (χ2v) is 12.5. The zero-order valence-electron chi connectivity index (χ0n) is 18.9. The maximum Gasteiger partial charge on any atom is 0.410 e. The van der Waals surface area contributed by atoms with Crippen LogP contribution in [-0.2, 0) is 22.5 Å². The van der Waals surface area contributed by atoms with E-state index in [1.807, 2.05) is 59.7 Å². The van der Waals surface area contributed by atoms with Crippen LogP contribution in [0.4, 0.5) is 4.79 Å². The molecule has 1 spiro atoms. The summed E-state index contributed by atoms with van der Waals surface area (Å²) in [6.07, 6.45) is 2.17. The van der Waals surface area contributed by atoms with Crippen molar-refractivity contribution >= 4 is 17.5 Å². The van der Waals surface area contributed by atoms with Gasteiger partial charge in [0.25, 0.3) is 0 Å². The highest BCUT2D eigenvalue weighted by molar-refractivity contribution is 7.90. The lowest BCUT2D eigenvalue weighted by Crippen LogP contribution is -2.51. The second-order valence-electron chi connectivity index (χ2n) is 10.5. The SMILES string of the molecule is CC(C)(C)OC(=O)N1CCC2(CC1)Cc1ccc(C#N)cc1C2N[S@+]([O-])C(C)(C)C. The highest BCUT2D eigenvalue weighted by Crippen LogP contribution is 2.52. The van der Waals surface area contributed by atoms with E-state index in [0.29, 0.717) is 18.7 Å². The Bertz CT molecular complexity index is 843. The molecule has 1 saturated heterocycles. The number of piperidine rings is 1. The lowest BCUT2D eigenvalue weighted by Gasteiger charge is -2.43. The van der Waals surface area contributed by atoms with Gasteiger partial charge in [0.05, 0.1) is 17.7 Å². The van der Waals surface area contributed by atoms with Gasteiger partial charge in [-0.25, -0.2) is 4.79 Å². The standard InChI is InChI=1S/C23H33N3O3S/c1-21(2,3)29-20(27)26-11-9-23(10-12-26)14-17-8-7-16(15-24)13-18(17)19(23)25-30(28)22(4,5)6/h7-8,13,19,25H,9-12,14H2,1-6H3/t19?,30-/m1/s1. The van der Waals surface area contributed by atoms with E-state index in [1.54, 1.807) is 4.90 Å². The normalized spacial score (nSPS) is 21.8. The van der Waals surface area contributed by atoms with Crippen molar-refractivity contribution in [1.82, 2.24) is 9.62 Å². The average Bonchev–Trinajstić information content (AvgIpc) is 2.92. The van der Waals surface area contributed by atoms with Crippen molar-refractivity contribution in [2.45, 2.75) is 77.2 Å². The Labute approximate surface area is 183 Å². The molecule has 164 valence electrons. The van der Waals surface area contributed by atoms with Crippen molar-refractivity contribution in [3.05, 3.63) is 34.9 Å². The summed E-state index contributed by atoms with van der Waals surface area (Å²) in [6.45, 7) is 12.7. The number of hydrogen-bond donors (Lipinski definition) is 1. The maximum atomic E-state index is 13.0. The van der Waals surface area contributed by atoms with E-state index in [4.69, 9.17) is 4.74 Å². The molecule has 2 aliphatic rings. The highest BCUT2D eigenvalue weighted by atomic mass is 32.2. The van der Waals surface area contributed by atoms with Crippen LogP contribution in [0.3, 0.4) is 0 Å². The van der Waals surface area contributed by atoms with E-state index < -0.39 is 21.7 Å². The lowest BCUT2D eigenvalue weighted by atomic mass is 9.73. The minimum absolute atomic E-state index is 0.110. The van der Waals surface area contributed by atoms with Gasteiger partial charge in [-0.3, -0.25) is 0 Å². The first-order valence-electron chi connectivity index (χ1n) is 10.5. The number of amides is 1. The molecule has 1 aliphatic carbocycles. The van der Waals surface area contributed by atoms with Gasteiger partial charge in [0.15, 0.2) is 0 Å². The Hall–Kier alpha value is -1.75. The molecule has 0 radical (unpaired) electrons. The molecule has 1 aliphatic heterocycles. The van der Waals surface area contributed by atoms with Gasteiger partial charge in [-0.2, -0.15) is 5.26 Å². The Morgan fingerprint density at radius 3 is 2.43 bits per heavy atom. The van der Waals surface area contributed by atoms with Crippen LogP contribution in [0.15, 0.2) is 18.2 Å². The van der Waals surface area contributed by atoms with Gasteiger partial charge in [-0.1, -0.05) is 6.07 Å². The summed E-state index contributed by atoms with van der Waals surface area (Å²) in [5.74, 6) is 0. The molecule has 30 heavy (non-hydrogen) atoms. The quantitative estimate of drug-likeness (QED) is 0.708. The largest absolute Gasteiger partial charge is 0.598 e. The number of hydrogen-bond acceptors (Lipinski definition) is 5. The first-order chi connectivity index (χ1) is 13.8. The van der Waals surface area contributed by atoms with Crippen LogP contribution < -0.4 is 4.72 Å². The van der Waals surface area contributed by atoms with Crippen LogP contribution in [-0.4, -0.2) is 39.0 Å². The van der Waals surface area contributed by atoms with Gasteiger partial charge in [0.2, 0.25) is 0 Å². The molecule has 1 unspecified atom stereocenters. The summed E-state index contributed by atoms with van der Waals surface area (Å²) in [5.41, 5.74) is 2.23. The summed E-state index contributed by atoms with van der Waals surface area (Å²) < 4.78 is 21.5. The topological polar surface area (TPSA) is 88.4 Å². The summed E-state index contributed by atoms with van der Waals surface area (Å²) in [5, 5.41) is 9.37. The zero-order chi connectivity index (χ0) is 22.3. The Balaban J connectivity index is 1.84. The van der Waals surface area contributed by atoms with E-state index in [0.717, 1.165) is 24.8 Å². The van der Waals surface area contributed by atoms with Crippen LogP contribution >= 0.6 is 0 Å². The first kappa shape index (κ1) is 22.9. The second kappa shape index (κ2) is 8.07. The molecule has 6 nitrogen and oxygen atoms in total. The smallest absolute Gasteiger partial charge is 0.410 e. The van der Waals surface area contributed by atoms with Crippen molar-refractivity contribution in [2.75, 3.05) is 13.1 Å². The predicted molar refractivity (Wildman–Crippen MR) is 118 cm³/mol. The van der Waals surface area contributed by atoms with E-state index in [1.165, 1.54) is 5.56 Å². The van der Waals surface area contributed by atoms with Crippen molar-refractivity contribution in [2.24, 2.45) is 5.41 Å². The van der Waals surface area contributed by atoms with Crippen molar-refractivity contribution < 1.29 is 14.1 Å². The molecule has 1 aromatic carbocycles. The van der Waals surface area contributed by atoms with Gasteiger partial charge in [-0.15, -0.1) is 4.72 Å². The minimum Gasteiger partial charge on any atom is -0.598 e. The third-order valence-corrected chi connectivity index (χ3v) is 7.50. The first-order valence-corrected chi connectivity index (χ1v) is 11.7. The lowest BCUT2D eigenvalue weighted by molar-refractivity contribution is 0.00716. The number of ether oxygens (including phenoxy) is 1. The number of carbonyl (C=O) groups excluding carboxylic acids is 1. The molecule has 0 bridgehead atoms. The third kappa shape index (κ3) is 4.77. The molecule has 1 N–H and O–H groups in total. The van der Waals surface area contributed by atoms with Crippen LogP contribution in [0.5, 0.6) is 0 Å². The fourth-order valence-corrected chi connectivity index (χ4v) is 5.25. The van der Waals surface area contributed by atoms with E-state index in [-0.39, 0.29) is 17.6 Å². The van der Waals surface area contributed by atoms with Crippen LogP contribution in [0.2, 0.25) is 0 Å². The number of nitriles is 1. The summed E-state index contributed by atoms with van der Waals surface area (Å²) in [4.78, 5) is 14.3. The molecule has 1 fully saturated rings. The maximum absolute atomic E-state index is 13.0. The monoisotopic (exact) mass is 431 g/mol. The Kier molecular flexibility index (Phi) is 6.16. The molecule has 0 aromatic heterocycles. The number of carbonyl (C=O) groups is 1. The van der Waals surface area contributed by atoms with Crippen LogP contribution in [0, 0.1) is 16.7 Å². The highest BCUT2D eigenvalue weighted by Gasteiger charge is 2.51.